The van der Waals surface area contributed by atoms with Gasteiger partial charge < -0.3 is 8.83 Å². The summed E-state index contributed by atoms with van der Waals surface area (Å²) in [5.74, 6) is 1.24. The van der Waals surface area contributed by atoms with Gasteiger partial charge in [-0.1, -0.05) is 166 Å². The number of benzene rings is 12. The molecule has 14 aromatic rings. The van der Waals surface area contributed by atoms with Crippen LogP contribution in [0.1, 0.15) is 25.0 Å². The lowest BCUT2D eigenvalue weighted by Crippen LogP contribution is -2.14. The number of oxazole rings is 2. The first-order valence-corrected chi connectivity index (χ1v) is 25.0. The molecule has 1 aliphatic carbocycles. The van der Waals surface area contributed by atoms with Crippen LogP contribution in [0, 0.1) is 0 Å². The average Bonchev–Trinajstić information content (AvgIpc) is 4.16. The van der Waals surface area contributed by atoms with Gasteiger partial charge in [0.1, 0.15) is 11.0 Å². The van der Waals surface area contributed by atoms with E-state index in [1.165, 1.54) is 33.4 Å². The Bertz CT molecular complexity index is 4360. The standard InChI is InChI=1S/C69H44N2O2/c1-69(2)59-19-10-9-18-55(59)56-31-28-51(40-60(56)69)47-16-11-17-48(34-47)52-35-53(49-26-22-41-20-24-43-29-32-61-65(63(43)57(41)38-49)72-67(70-61)45-12-5-3-6-13-45)37-54(36-52)50-27-23-42-21-25-44-30-33-62-66(64(44)58(42)39-50)73-68(71-62)46-14-7-4-8-15-46/h3-40H,1-2H3. The zero-order valence-corrected chi connectivity index (χ0v) is 40.2. The van der Waals surface area contributed by atoms with Crippen LogP contribution in [-0.2, 0) is 5.41 Å². The topological polar surface area (TPSA) is 52.1 Å². The SMILES string of the molecule is CC1(C)c2ccccc2-c2ccc(-c3cccc(-c4cc(-c5ccc6ccc7ccc8nc(-c9ccccc9)oc8c7c6c5)cc(-c5ccc6ccc7ccc8nc(-c9ccccc9)oc8c7c6c5)c4)c3)cc21. The second kappa shape index (κ2) is 15.8. The Morgan fingerprint density at radius 2 is 0.699 bits per heavy atom. The van der Waals surface area contributed by atoms with Crippen LogP contribution in [0.15, 0.2) is 239 Å². The second-order valence-electron chi connectivity index (χ2n) is 20.1. The van der Waals surface area contributed by atoms with Gasteiger partial charge in [-0.15, -0.1) is 0 Å². The first-order chi connectivity index (χ1) is 35.9. The van der Waals surface area contributed by atoms with Gasteiger partial charge in [0.25, 0.3) is 0 Å². The maximum atomic E-state index is 6.67. The monoisotopic (exact) mass is 932 g/mol. The highest BCUT2D eigenvalue weighted by Gasteiger charge is 2.35. The fourth-order valence-corrected chi connectivity index (χ4v) is 11.7. The molecule has 0 saturated carbocycles. The third-order valence-corrected chi connectivity index (χ3v) is 15.5. The van der Waals surface area contributed by atoms with Crippen LogP contribution in [0.3, 0.4) is 0 Å². The van der Waals surface area contributed by atoms with E-state index in [0.717, 1.165) is 110 Å². The number of fused-ring (bicyclic) bond motifs is 13. The maximum absolute atomic E-state index is 6.67. The third-order valence-electron chi connectivity index (χ3n) is 15.5. The highest BCUT2D eigenvalue weighted by atomic mass is 16.4. The van der Waals surface area contributed by atoms with E-state index in [-0.39, 0.29) is 5.41 Å². The van der Waals surface area contributed by atoms with E-state index in [9.17, 15) is 0 Å². The van der Waals surface area contributed by atoms with E-state index in [4.69, 9.17) is 18.8 Å². The summed E-state index contributed by atoms with van der Waals surface area (Å²) in [5.41, 5.74) is 19.6. The van der Waals surface area contributed by atoms with Crippen molar-refractivity contribution in [2.24, 2.45) is 0 Å². The maximum Gasteiger partial charge on any atom is 0.227 e. The zero-order valence-electron chi connectivity index (χ0n) is 40.2. The Morgan fingerprint density at radius 1 is 0.301 bits per heavy atom. The van der Waals surface area contributed by atoms with Gasteiger partial charge in [-0.2, -0.15) is 0 Å². The zero-order chi connectivity index (χ0) is 48.4. The van der Waals surface area contributed by atoms with Crippen molar-refractivity contribution in [3.8, 4) is 78.5 Å². The highest BCUT2D eigenvalue weighted by Crippen LogP contribution is 2.50. The number of hydrogen-bond donors (Lipinski definition) is 0. The molecule has 73 heavy (non-hydrogen) atoms. The van der Waals surface area contributed by atoms with E-state index in [0.29, 0.717) is 11.8 Å². The molecule has 2 heterocycles. The van der Waals surface area contributed by atoms with Crippen LogP contribution in [0.2, 0.25) is 0 Å². The minimum absolute atomic E-state index is 0.0913. The first-order valence-electron chi connectivity index (χ1n) is 25.0. The number of hydrogen-bond acceptors (Lipinski definition) is 4. The summed E-state index contributed by atoms with van der Waals surface area (Å²) >= 11 is 0. The van der Waals surface area contributed by atoms with Crippen molar-refractivity contribution in [1.82, 2.24) is 9.97 Å². The van der Waals surface area contributed by atoms with Crippen molar-refractivity contribution in [2.75, 3.05) is 0 Å². The van der Waals surface area contributed by atoms with Gasteiger partial charge in [0, 0.05) is 27.3 Å². The van der Waals surface area contributed by atoms with Crippen molar-refractivity contribution in [2.45, 2.75) is 19.3 Å². The Kier molecular flexibility index (Phi) is 8.97. The quantitative estimate of drug-likeness (QED) is 0.156. The molecule has 0 unspecified atom stereocenters. The van der Waals surface area contributed by atoms with Gasteiger partial charge in [-0.3, -0.25) is 0 Å². The molecule has 0 bridgehead atoms. The Morgan fingerprint density at radius 3 is 1.26 bits per heavy atom. The molecule has 0 saturated heterocycles. The molecule has 2 aromatic heterocycles. The van der Waals surface area contributed by atoms with E-state index in [2.05, 4.69) is 184 Å². The Balaban J connectivity index is 0.920. The largest absolute Gasteiger partial charge is 0.435 e. The summed E-state index contributed by atoms with van der Waals surface area (Å²) in [4.78, 5) is 9.94. The van der Waals surface area contributed by atoms with Crippen molar-refractivity contribution in [1.29, 1.82) is 0 Å². The first kappa shape index (κ1) is 41.4. The molecule has 4 nitrogen and oxygen atoms in total. The summed E-state index contributed by atoms with van der Waals surface area (Å²) in [6.07, 6.45) is 0. The van der Waals surface area contributed by atoms with Crippen LogP contribution in [0.4, 0.5) is 0 Å². The summed E-state index contributed by atoms with van der Waals surface area (Å²) in [6.45, 7) is 4.70. The number of aromatic nitrogens is 2. The molecule has 15 rings (SSSR count). The van der Waals surface area contributed by atoms with Crippen LogP contribution in [-0.4, -0.2) is 9.97 Å². The lowest BCUT2D eigenvalue weighted by molar-refractivity contribution is 0.623. The summed E-state index contributed by atoms with van der Waals surface area (Å²) in [7, 11) is 0. The Labute approximate surface area is 421 Å². The lowest BCUT2D eigenvalue weighted by atomic mass is 9.81. The molecule has 0 radical (unpaired) electrons. The van der Waals surface area contributed by atoms with E-state index in [1.807, 2.05) is 60.7 Å². The normalized spacial score (nSPS) is 12.9. The summed E-state index contributed by atoms with van der Waals surface area (Å²) in [5, 5.41) is 8.86. The van der Waals surface area contributed by atoms with Crippen LogP contribution in [0.25, 0.3) is 144 Å². The van der Waals surface area contributed by atoms with Gasteiger partial charge in [-0.25, -0.2) is 9.97 Å². The molecule has 4 heteroatoms. The molecule has 0 fully saturated rings. The molecule has 1 aliphatic rings. The fraction of sp³-hybridized carbons (Fsp3) is 0.0435. The summed E-state index contributed by atoms with van der Waals surface area (Å²) < 4.78 is 13.3. The van der Waals surface area contributed by atoms with E-state index < -0.39 is 0 Å². The third kappa shape index (κ3) is 6.61. The minimum Gasteiger partial charge on any atom is -0.435 e. The second-order valence-corrected chi connectivity index (χ2v) is 20.1. The summed E-state index contributed by atoms with van der Waals surface area (Å²) in [6, 6.07) is 83.2. The van der Waals surface area contributed by atoms with E-state index >= 15 is 0 Å². The van der Waals surface area contributed by atoms with Gasteiger partial charge in [0.05, 0.1) is 0 Å². The predicted molar refractivity (Wildman–Crippen MR) is 302 cm³/mol. The minimum atomic E-state index is -0.0913. The number of rotatable bonds is 6. The molecule has 0 amide bonds. The fourth-order valence-electron chi connectivity index (χ4n) is 11.7. The van der Waals surface area contributed by atoms with Crippen LogP contribution >= 0.6 is 0 Å². The molecule has 12 aromatic carbocycles. The molecular formula is C69H44N2O2. The van der Waals surface area contributed by atoms with Crippen molar-refractivity contribution >= 4 is 65.3 Å². The molecule has 0 atom stereocenters. The van der Waals surface area contributed by atoms with E-state index in [1.54, 1.807) is 0 Å². The van der Waals surface area contributed by atoms with Crippen molar-refractivity contribution in [3.63, 3.8) is 0 Å². The van der Waals surface area contributed by atoms with Gasteiger partial charge in [0.15, 0.2) is 11.2 Å². The highest BCUT2D eigenvalue weighted by molar-refractivity contribution is 6.20. The van der Waals surface area contributed by atoms with Crippen molar-refractivity contribution in [3.05, 3.63) is 242 Å². The van der Waals surface area contributed by atoms with Gasteiger partial charge >= 0.3 is 0 Å². The van der Waals surface area contributed by atoms with Gasteiger partial charge in [0.2, 0.25) is 11.8 Å². The molecule has 0 aliphatic heterocycles. The smallest absolute Gasteiger partial charge is 0.227 e. The molecule has 0 spiro atoms. The molecule has 0 N–H and O–H groups in total. The van der Waals surface area contributed by atoms with Crippen LogP contribution < -0.4 is 0 Å². The van der Waals surface area contributed by atoms with Gasteiger partial charge in [-0.05, 0) is 178 Å². The lowest BCUT2D eigenvalue weighted by Gasteiger charge is -2.22. The van der Waals surface area contributed by atoms with Crippen LogP contribution in [0.5, 0.6) is 0 Å². The molecular weight excluding hydrogens is 889 g/mol. The average molecular weight is 933 g/mol. The predicted octanol–water partition coefficient (Wildman–Crippen LogP) is 18.9. The van der Waals surface area contributed by atoms with Crippen molar-refractivity contribution < 1.29 is 8.83 Å². The Hall–Kier alpha value is -9.38. The molecule has 342 valence electrons. The number of nitrogens with zero attached hydrogens (tertiary/aromatic N) is 2.